The monoisotopic (exact) mass is 322 g/mol. The summed E-state index contributed by atoms with van der Waals surface area (Å²) in [4.78, 5) is 22.9. The van der Waals surface area contributed by atoms with Gasteiger partial charge in [-0.15, -0.1) is 0 Å². The Bertz CT molecular complexity index is 486. The van der Waals surface area contributed by atoms with E-state index in [1.54, 1.807) is 7.11 Å². The van der Waals surface area contributed by atoms with Gasteiger partial charge in [0.25, 0.3) is 0 Å². The van der Waals surface area contributed by atoms with Crippen molar-refractivity contribution in [3.05, 3.63) is 24.3 Å². The lowest BCUT2D eigenvalue weighted by Gasteiger charge is -2.09. The molecule has 0 fully saturated rings. The first kappa shape index (κ1) is 18.8. The van der Waals surface area contributed by atoms with E-state index in [9.17, 15) is 9.59 Å². The predicted octanol–water partition coefficient (Wildman–Crippen LogP) is 1.74. The van der Waals surface area contributed by atoms with Gasteiger partial charge in [0.05, 0.1) is 13.7 Å². The largest absolute Gasteiger partial charge is 0.497 e. The molecule has 0 unspecified atom stereocenters. The average Bonchev–Trinajstić information content (AvgIpc) is 2.55. The molecule has 0 saturated carbocycles. The molecule has 0 saturated heterocycles. The van der Waals surface area contributed by atoms with Crippen LogP contribution in [0, 0.1) is 5.92 Å². The van der Waals surface area contributed by atoms with Crippen LogP contribution >= 0.6 is 0 Å². The van der Waals surface area contributed by atoms with Crippen molar-refractivity contribution in [3.8, 4) is 11.5 Å². The maximum atomic E-state index is 11.6. The van der Waals surface area contributed by atoms with E-state index in [-0.39, 0.29) is 17.7 Å². The molecule has 6 heteroatoms. The van der Waals surface area contributed by atoms with Crippen LogP contribution in [-0.4, -0.2) is 38.6 Å². The summed E-state index contributed by atoms with van der Waals surface area (Å²) < 4.78 is 10.6. The standard InChI is InChI=1S/C17H26N2O4/c1-13(2)17(21)19-11-10-18-16(20)5-4-12-23-15-8-6-14(22-3)7-9-15/h6-9,13H,4-5,10-12H2,1-3H3,(H,18,20)(H,19,21). The lowest BCUT2D eigenvalue weighted by molar-refractivity contribution is -0.124. The molecule has 128 valence electrons. The Labute approximate surface area is 137 Å². The van der Waals surface area contributed by atoms with E-state index in [1.165, 1.54) is 0 Å². The first-order valence-electron chi connectivity index (χ1n) is 7.84. The van der Waals surface area contributed by atoms with Gasteiger partial charge < -0.3 is 20.1 Å². The molecule has 0 aliphatic carbocycles. The number of ether oxygens (including phenoxy) is 2. The number of amides is 2. The van der Waals surface area contributed by atoms with Crippen LogP contribution in [-0.2, 0) is 9.59 Å². The molecule has 6 nitrogen and oxygen atoms in total. The molecule has 0 aliphatic rings. The molecule has 1 rings (SSSR count). The number of carbonyl (C=O) groups is 2. The van der Waals surface area contributed by atoms with Crippen molar-refractivity contribution in [1.82, 2.24) is 10.6 Å². The van der Waals surface area contributed by atoms with E-state index in [0.29, 0.717) is 32.5 Å². The molecule has 0 radical (unpaired) electrons. The number of hydrogen-bond donors (Lipinski definition) is 2. The zero-order chi connectivity index (χ0) is 17.1. The molecule has 0 aromatic heterocycles. The van der Waals surface area contributed by atoms with Gasteiger partial charge in [-0.05, 0) is 30.7 Å². The van der Waals surface area contributed by atoms with Crippen LogP contribution in [0.3, 0.4) is 0 Å². The van der Waals surface area contributed by atoms with Gasteiger partial charge in [-0.1, -0.05) is 13.8 Å². The van der Waals surface area contributed by atoms with E-state index in [2.05, 4.69) is 10.6 Å². The van der Waals surface area contributed by atoms with Crippen molar-refractivity contribution in [3.63, 3.8) is 0 Å². The first-order chi connectivity index (χ1) is 11.0. The van der Waals surface area contributed by atoms with E-state index < -0.39 is 0 Å². The number of carbonyl (C=O) groups excluding carboxylic acids is 2. The highest BCUT2D eigenvalue weighted by Crippen LogP contribution is 2.17. The van der Waals surface area contributed by atoms with Gasteiger partial charge in [-0.3, -0.25) is 9.59 Å². The summed E-state index contributed by atoms with van der Waals surface area (Å²) in [6.07, 6.45) is 1.03. The van der Waals surface area contributed by atoms with E-state index in [4.69, 9.17) is 9.47 Å². The normalized spacial score (nSPS) is 10.3. The van der Waals surface area contributed by atoms with Crippen molar-refractivity contribution in [1.29, 1.82) is 0 Å². The highest BCUT2D eigenvalue weighted by Gasteiger charge is 2.06. The van der Waals surface area contributed by atoms with Crippen LogP contribution in [0.1, 0.15) is 26.7 Å². The Morgan fingerprint density at radius 3 is 2.26 bits per heavy atom. The fourth-order valence-corrected chi connectivity index (χ4v) is 1.77. The Hall–Kier alpha value is -2.24. The highest BCUT2D eigenvalue weighted by atomic mass is 16.5. The van der Waals surface area contributed by atoms with Gasteiger partial charge >= 0.3 is 0 Å². The summed E-state index contributed by atoms with van der Waals surface area (Å²) in [5.41, 5.74) is 0. The number of benzene rings is 1. The maximum absolute atomic E-state index is 11.6. The first-order valence-corrected chi connectivity index (χ1v) is 7.84. The van der Waals surface area contributed by atoms with Crippen LogP contribution in [0.25, 0.3) is 0 Å². The predicted molar refractivity (Wildman–Crippen MR) is 88.6 cm³/mol. The topological polar surface area (TPSA) is 76.7 Å². The van der Waals surface area contributed by atoms with Gasteiger partial charge in [0.15, 0.2) is 0 Å². The molecule has 1 aromatic carbocycles. The van der Waals surface area contributed by atoms with Gasteiger partial charge in [0, 0.05) is 25.4 Å². The van der Waals surface area contributed by atoms with Gasteiger partial charge in [0.1, 0.15) is 11.5 Å². The fraction of sp³-hybridized carbons (Fsp3) is 0.529. The minimum Gasteiger partial charge on any atom is -0.497 e. The quantitative estimate of drug-likeness (QED) is 0.643. The Kier molecular flexibility index (Phi) is 8.57. The second-order valence-corrected chi connectivity index (χ2v) is 5.42. The second kappa shape index (κ2) is 10.5. The lowest BCUT2D eigenvalue weighted by Crippen LogP contribution is -2.36. The van der Waals surface area contributed by atoms with Crippen LogP contribution in [0.5, 0.6) is 11.5 Å². The lowest BCUT2D eigenvalue weighted by atomic mass is 10.2. The number of nitrogens with one attached hydrogen (secondary N) is 2. The molecule has 0 atom stereocenters. The number of rotatable bonds is 10. The molecule has 2 amide bonds. The summed E-state index contributed by atoms with van der Waals surface area (Å²) in [5, 5.41) is 5.51. The summed E-state index contributed by atoms with van der Waals surface area (Å²) >= 11 is 0. The van der Waals surface area contributed by atoms with Crippen LogP contribution in [0.4, 0.5) is 0 Å². The zero-order valence-corrected chi connectivity index (χ0v) is 14.1. The van der Waals surface area contributed by atoms with Gasteiger partial charge in [-0.2, -0.15) is 0 Å². The van der Waals surface area contributed by atoms with Gasteiger partial charge in [0.2, 0.25) is 11.8 Å². The van der Waals surface area contributed by atoms with E-state index >= 15 is 0 Å². The molecule has 0 spiro atoms. The van der Waals surface area contributed by atoms with Gasteiger partial charge in [-0.25, -0.2) is 0 Å². The van der Waals surface area contributed by atoms with Crippen LogP contribution in [0.2, 0.25) is 0 Å². The van der Waals surface area contributed by atoms with E-state index in [0.717, 1.165) is 11.5 Å². The number of hydrogen-bond acceptors (Lipinski definition) is 4. The molecule has 23 heavy (non-hydrogen) atoms. The Morgan fingerprint density at radius 2 is 1.65 bits per heavy atom. The summed E-state index contributed by atoms with van der Waals surface area (Å²) in [7, 11) is 1.61. The molecule has 0 bridgehead atoms. The maximum Gasteiger partial charge on any atom is 0.222 e. The van der Waals surface area contributed by atoms with Crippen LogP contribution in [0.15, 0.2) is 24.3 Å². The minimum absolute atomic E-state index is 0.00728. The number of methoxy groups -OCH3 is 1. The molecule has 2 N–H and O–H groups in total. The van der Waals surface area contributed by atoms with E-state index in [1.807, 2.05) is 38.1 Å². The van der Waals surface area contributed by atoms with Crippen molar-refractivity contribution in [2.24, 2.45) is 5.92 Å². The van der Waals surface area contributed by atoms with Crippen molar-refractivity contribution >= 4 is 11.8 Å². The molecule has 1 aromatic rings. The van der Waals surface area contributed by atoms with Crippen LogP contribution < -0.4 is 20.1 Å². The molecular weight excluding hydrogens is 296 g/mol. The zero-order valence-electron chi connectivity index (χ0n) is 14.1. The third-order valence-electron chi connectivity index (χ3n) is 3.15. The molecular formula is C17H26N2O4. The second-order valence-electron chi connectivity index (χ2n) is 5.42. The fourth-order valence-electron chi connectivity index (χ4n) is 1.77. The Morgan fingerprint density at radius 1 is 1.04 bits per heavy atom. The SMILES string of the molecule is COc1ccc(OCCCC(=O)NCCNC(=O)C(C)C)cc1. The minimum atomic E-state index is -0.0409. The highest BCUT2D eigenvalue weighted by molar-refractivity contribution is 5.78. The smallest absolute Gasteiger partial charge is 0.222 e. The summed E-state index contributed by atoms with van der Waals surface area (Å²) in [6, 6.07) is 7.31. The summed E-state index contributed by atoms with van der Waals surface area (Å²) in [6.45, 7) is 5.03. The van der Waals surface area contributed by atoms with Crippen molar-refractivity contribution in [2.45, 2.75) is 26.7 Å². The van der Waals surface area contributed by atoms with Crippen molar-refractivity contribution in [2.75, 3.05) is 26.8 Å². The Balaban J connectivity index is 2.06. The molecule has 0 heterocycles. The molecule has 0 aliphatic heterocycles. The third kappa shape index (κ3) is 8.09. The van der Waals surface area contributed by atoms with Crippen molar-refractivity contribution < 1.29 is 19.1 Å². The average molecular weight is 322 g/mol. The summed E-state index contributed by atoms with van der Waals surface area (Å²) in [5.74, 6) is 1.44. The third-order valence-corrected chi connectivity index (χ3v) is 3.15.